The van der Waals surface area contributed by atoms with E-state index in [0.717, 1.165) is 31.7 Å². The second kappa shape index (κ2) is 6.06. The van der Waals surface area contributed by atoms with Crippen molar-refractivity contribution >= 4 is 5.69 Å². The molecule has 1 heterocycles. The third kappa shape index (κ3) is 3.17. The van der Waals surface area contributed by atoms with Gasteiger partial charge in [-0.05, 0) is 36.2 Å². The molecule has 0 amide bonds. The van der Waals surface area contributed by atoms with Gasteiger partial charge >= 0.3 is 0 Å². The van der Waals surface area contributed by atoms with Crippen LogP contribution in [0.3, 0.4) is 0 Å². The summed E-state index contributed by atoms with van der Waals surface area (Å²) >= 11 is 0. The molecule has 1 saturated heterocycles. The van der Waals surface area contributed by atoms with Gasteiger partial charge in [-0.1, -0.05) is 30.3 Å². The Labute approximate surface area is 119 Å². The first-order valence-corrected chi connectivity index (χ1v) is 7.09. The zero-order valence-corrected chi connectivity index (χ0v) is 11.4. The predicted octanol–water partition coefficient (Wildman–Crippen LogP) is 2.85. The smallest absolute Gasteiger partial charge is 0.123 e. The summed E-state index contributed by atoms with van der Waals surface area (Å²) in [6.07, 6.45) is 1.03. The largest absolute Gasteiger partial charge is 0.369 e. The Kier molecular flexibility index (Phi) is 3.97. The molecular formula is C17H19FN2. The van der Waals surface area contributed by atoms with E-state index < -0.39 is 0 Å². The van der Waals surface area contributed by atoms with Gasteiger partial charge in [0.15, 0.2) is 0 Å². The minimum Gasteiger partial charge on any atom is -0.369 e. The van der Waals surface area contributed by atoms with Crippen LogP contribution in [0, 0.1) is 5.82 Å². The highest BCUT2D eigenvalue weighted by atomic mass is 19.1. The summed E-state index contributed by atoms with van der Waals surface area (Å²) in [6, 6.07) is 17.8. The first-order chi connectivity index (χ1) is 9.81. The van der Waals surface area contributed by atoms with Crippen LogP contribution in [0.4, 0.5) is 10.1 Å². The summed E-state index contributed by atoms with van der Waals surface area (Å²) in [5.41, 5.74) is 2.46. The van der Waals surface area contributed by atoms with Gasteiger partial charge in [-0.25, -0.2) is 4.39 Å². The minimum absolute atomic E-state index is 0.176. The van der Waals surface area contributed by atoms with E-state index in [0.29, 0.717) is 6.04 Å². The van der Waals surface area contributed by atoms with E-state index in [2.05, 4.69) is 34.5 Å². The van der Waals surface area contributed by atoms with E-state index in [9.17, 15) is 4.39 Å². The van der Waals surface area contributed by atoms with E-state index in [1.54, 1.807) is 0 Å². The molecule has 2 aromatic rings. The molecule has 0 radical (unpaired) electrons. The molecule has 1 fully saturated rings. The van der Waals surface area contributed by atoms with E-state index >= 15 is 0 Å². The van der Waals surface area contributed by atoms with Gasteiger partial charge in [-0.3, -0.25) is 0 Å². The fraction of sp³-hybridized carbons (Fsp3) is 0.294. The van der Waals surface area contributed by atoms with Crippen LogP contribution in [0.15, 0.2) is 54.6 Å². The van der Waals surface area contributed by atoms with Crippen molar-refractivity contribution in [2.45, 2.75) is 12.5 Å². The van der Waals surface area contributed by atoms with Gasteiger partial charge < -0.3 is 10.2 Å². The molecule has 1 aliphatic heterocycles. The van der Waals surface area contributed by atoms with Crippen LogP contribution < -0.4 is 10.2 Å². The Morgan fingerprint density at radius 1 is 1.05 bits per heavy atom. The summed E-state index contributed by atoms with van der Waals surface area (Å²) < 4.78 is 13.0. The number of piperazine rings is 1. The van der Waals surface area contributed by atoms with Crippen molar-refractivity contribution in [1.82, 2.24) is 5.32 Å². The fourth-order valence-corrected chi connectivity index (χ4v) is 2.75. The van der Waals surface area contributed by atoms with Gasteiger partial charge in [0.05, 0.1) is 0 Å². The van der Waals surface area contributed by atoms with Crippen LogP contribution >= 0.6 is 0 Å². The average molecular weight is 270 g/mol. The molecule has 2 nitrogen and oxygen atoms in total. The van der Waals surface area contributed by atoms with Gasteiger partial charge in [0.2, 0.25) is 0 Å². The summed E-state index contributed by atoms with van der Waals surface area (Å²) in [5, 5.41) is 3.56. The Bertz CT molecular complexity index is 539. The van der Waals surface area contributed by atoms with Crippen molar-refractivity contribution in [2.24, 2.45) is 0 Å². The Hall–Kier alpha value is -1.87. The average Bonchev–Trinajstić information content (AvgIpc) is 2.49. The highest BCUT2D eigenvalue weighted by Gasteiger charge is 2.19. The second-order valence-electron chi connectivity index (χ2n) is 5.26. The highest BCUT2D eigenvalue weighted by Crippen LogP contribution is 2.17. The summed E-state index contributed by atoms with van der Waals surface area (Å²) in [4.78, 5) is 2.32. The zero-order valence-electron chi connectivity index (χ0n) is 11.4. The second-order valence-corrected chi connectivity index (χ2v) is 5.26. The summed E-state index contributed by atoms with van der Waals surface area (Å²) in [6.45, 7) is 2.90. The van der Waals surface area contributed by atoms with Crippen LogP contribution in [0.5, 0.6) is 0 Å². The van der Waals surface area contributed by atoms with Crippen molar-refractivity contribution < 1.29 is 4.39 Å². The quantitative estimate of drug-likeness (QED) is 0.922. The fourth-order valence-electron chi connectivity index (χ4n) is 2.75. The van der Waals surface area contributed by atoms with Crippen molar-refractivity contribution in [1.29, 1.82) is 0 Å². The molecule has 3 rings (SSSR count). The summed E-state index contributed by atoms with van der Waals surface area (Å²) in [5.74, 6) is -0.176. The number of nitrogens with one attached hydrogen (secondary N) is 1. The van der Waals surface area contributed by atoms with Gasteiger partial charge in [-0.15, -0.1) is 0 Å². The molecule has 104 valence electrons. The molecule has 1 N–H and O–H groups in total. The number of hydrogen-bond donors (Lipinski definition) is 1. The highest BCUT2D eigenvalue weighted by molar-refractivity contribution is 5.47. The van der Waals surface area contributed by atoms with Crippen molar-refractivity contribution in [2.75, 3.05) is 24.5 Å². The molecule has 1 aliphatic rings. The molecule has 1 unspecified atom stereocenters. The number of benzene rings is 2. The van der Waals surface area contributed by atoms with Crippen LogP contribution in [-0.2, 0) is 6.42 Å². The van der Waals surface area contributed by atoms with Gasteiger partial charge in [-0.2, -0.15) is 0 Å². The predicted molar refractivity (Wildman–Crippen MR) is 80.5 cm³/mol. The maximum Gasteiger partial charge on any atom is 0.123 e. The topological polar surface area (TPSA) is 15.3 Å². The molecule has 0 aromatic heterocycles. The first kappa shape index (κ1) is 13.1. The van der Waals surface area contributed by atoms with E-state index in [4.69, 9.17) is 0 Å². The molecule has 1 atom stereocenters. The molecule has 0 saturated carbocycles. The van der Waals surface area contributed by atoms with Crippen molar-refractivity contribution in [3.05, 3.63) is 66.0 Å². The molecular weight excluding hydrogens is 251 g/mol. The SMILES string of the molecule is Fc1ccc(N2CCNC(Cc3ccccc3)C2)cc1. The lowest BCUT2D eigenvalue weighted by molar-refractivity contribution is 0.454. The minimum atomic E-state index is -0.176. The first-order valence-electron chi connectivity index (χ1n) is 7.09. The number of hydrogen-bond acceptors (Lipinski definition) is 2. The maximum atomic E-state index is 13.0. The van der Waals surface area contributed by atoms with Crippen LogP contribution in [0.2, 0.25) is 0 Å². The maximum absolute atomic E-state index is 13.0. The summed E-state index contributed by atoms with van der Waals surface area (Å²) in [7, 11) is 0. The van der Waals surface area contributed by atoms with Crippen LogP contribution in [0.25, 0.3) is 0 Å². The molecule has 20 heavy (non-hydrogen) atoms. The van der Waals surface area contributed by atoms with E-state index in [1.807, 2.05) is 18.2 Å². The Balaban J connectivity index is 1.66. The number of rotatable bonds is 3. The molecule has 0 spiro atoms. The molecule has 0 bridgehead atoms. The van der Waals surface area contributed by atoms with E-state index in [1.165, 1.54) is 17.7 Å². The van der Waals surface area contributed by atoms with Crippen molar-refractivity contribution in [3.8, 4) is 0 Å². The number of halogens is 1. The Morgan fingerprint density at radius 2 is 1.80 bits per heavy atom. The lowest BCUT2D eigenvalue weighted by atomic mass is 10.0. The molecule has 0 aliphatic carbocycles. The van der Waals surface area contributed by atoms with E-state index in [-0.39, 0.29) is 5.82 Å². The van der Waals surface area contributed by atoms with Gasteiger partial charge in [0.25, 0.3) is 0 Å². The monoisotopic (exact) mass is 270 g/mol. The van der Waals surface area contributed by atoms with Crippen LogP contribution in [0.1, 0.15) is 5.56 Å². The molecule has 2 aromatic carbocycles. The lowest BCUT2D eigenvalue weighted by Gasteiger charge is -2.35. The van der Waals surface area contributed by atoms with Crippen LogP contribution in [-0.4, -0.2) is 25.7 Å². The zero-order chi connectivity index (χ0) is 13.8. The van der Waals surface area contributed by atoms with Gasteiger partial charge in [0.1, 0.15) is 5.82 Å². The van der Waals surface area contributed by atoms with Gasteiger partial charge in [0, 0.05) is 31.4 Å². The lowest BCUT2D eigenvalue weighted by Crippen LogP contribution is -2.51. The number of anilines is 1. The molecule has 3 heteroatoms. The normalized spacial score (nSPS) is 19.1. The third-order valence-electron chi connectivity index (χ3n) is 3.77. The standard InChI is InChI=1S/C17H19FN2/c18-15-6-8-17(9-7-15)20-11-10-19-16(13-20)12-14-4-2-1-3-5-14/h1-9,16,19H,10-13H2. The number of nitrogens with zero attached hydrogens (tertiary/aromatic N) is 1. The van der Waals surface area contributed by atoms with Crippen molar-refractivity contribution in [3.63, 3.8) is 0 Å². The Morgan fingerprint density at radius 3 is 2.55 bits per heavy atom. The third-order valence-corrected chi connectivity index (χ3v) is 3.77.